The van der Waals surface area contributed by atoms with Gasteiger partial charge in [-0.1, -0.05) is 0 Å². The molecule has 0 unspecified atom stereocenters. The summed E-state index contributed by atoms with van der Waals surface area (Å²) in [5, 5.41) is 0.854. The van der Waals surface area contributed by atoms with Crippen LogP contribution in [0.15, 0.2) is 16.1 Å². The van der Waals surface area contributed by atoms with Gasteiger partial charge in [0.15, 0.2) is 5.65 Å². The van der Waals surface area contributed by atoms with E-state index in [1.165, 1.54) is 22.7 Å². The standard InChI is InChI=1S/C7H8N4OS/c1-11-6(13-2)4-5(9-3-8-4)10-7(11)12/h3H,1-2H3,(H,8,9,10,12). The molecule has 2 rings (SSSR count). The molecule has 2 heterocycles. The second kappa shape index (κ2) is 2.88. The minimum Gasteiger partial charge on any atom is -0.341 e. The van der Waals surface area contributed by atoms with Crippen molar-refractivity contribution in [1.82, 2.24) is 19.5 Å². The van der Waals surface area contributed by atoms with Crippen molar-refractivity contribution in [3.8, 4) is 0 Å². The summed E-state index contributed by atoms with van der Waals surface area (Å²) < 4.78 is 1.51. The third-order valence-electron chi connectivity index (χ3n) is 1.82. The topological polar surface area (TPSA) is 63.6 Å². The summed E-state index contributed by atoms with van der Waals surface area (Å²) >= 11 is 1.50. The summed E-state index contributed by atoms with van der Waals surface area (Å²) in [5.41, 5.74) is 1.02. The van der Waals surface area contributed by atoms with Crippen LogP contribution >= 0.6 is 11.8 Å². The van der Waals surface area contributed by atoms with Crippen LogP contribution in [0.2, 0.25) is 0 Å². The maximum atomic E-state index is 11.3. The van der Waals surface area contributed by atoms with Crippen LogP contribution in [-0.4, -0.2) is 25.8 Å². The fourth-order valence-corrected chi connectivity index (χ4v) is 1.89. The first kappa shape index (κ1) is 8.31. The van der Waals surface area contributed by atoms with Crippen LogP contribution < -0.4 is 5.69 Å². The molecule has 13 heavy (non-hydrogen) atoms. The number of nitrogens with zero attached hydrogens (tertiary/aromatic N) is 3. The Hall–Kier alpha value is -1.30. The molecule has 0 aliphatic rings. The van der Waals surface area contributed by atoms with Crippen LogP contribution in [-0.2, 0) is 7.05 Å². The van der Waals surface area contributed by atoms with Crippen molar-refractivity contribution in [2.45, 2.75) is 5.03 Å². The molecule has 2 aromatic heterocycles. The number of fused-ring (bicyclic) bond motifs is 1. The Morgan fingerprint density at radius 2 is 2.38 bits per heavy atom. The third kappa shape index (κ3) is 1.14. The van der Waals surface area contributed by atoms with Gasteiger partial charge in [-0.2, -0.15) is 4.98 Å². The third-order valence-corrected chi connectivity index (χ3v) is 2.68. The van der Waals surface area contributed by atoms with Crippen LogP contribution in [0.25, 0.3) is 11.2 Å². The lowest BCUT2D eigenvalue weighted by molar-refractivity contribution is 0.744. The highest BCUT2D eigenvalue weighted by Gasteiger charge is 2.08. The Balaban J connectivity index is 2.96. The summed E-state index contributed by atoms with van der Waals surface area (Å²) in [4.78, 5) is 22.0. The van der Waals surface area contributed by atoms with E-state index >= 15 is 0 Å². The van der Waals surface area contributed by atoms with Crippen LogP contribution in [0.1, 0.15) is 0 Å². The predicted molar refractivity (Wildman–Crippen MR) is 50.9 cm³/mol. The Labute approximate surface area is 78.2 Å². The van der Waals surface area contributed by atoms with Gasteiger partial charge >= 0.3 is 5.69 Å². The van der Waals surface area contributed by atoms with Crippen LogP contribution in [0, 0.1) is 0 Å². The quantitative estimate of drug-likeness (QED) is 0.529. The molecule has 2 aromatic rings. The molecule has 0 atom stereocenters. The second-order valence-electron chi connectivity index (χ2n) is 2.56. The average Bonchev–Trinajstić information content (AvgIpc) is 2.54. The van der Waals surface area contributed by atoms with Crippen LogP contribution in [0.4, 0.5) is 0 Å². The molecule has 0 bridgehead atoms. The molecule has 6 heteroatoms. The lowest BCUT2D eigenvalue weighted by Crippen LogP contribution is -2.21. The van der Waals surface area contributed by atoms with E-state index in [-0.39, 0.29) is 5.69 Å². The van der Waals surface area contributed by atoms with Gasteiger partial charge < -0.3 is 4.98 Å². The van der Waals surface area contributed by atoms with Crippen molar-refractivity contribution in [2.75, 3.05) is 6.26 Å². The highest BCUT2D eigenvalue weighted by molar-refractivity contribution is 7.98. The molecule has 0 saturated heterocycles. The summed E-state index contributed by atoms with van der Waals surface area (Å²) in [5.74, 6) is 0. The fourth-order valence-electron chi connectivity index (χ4n) is 1.19. The Bertz CT molecular complexity index is 501. The van der Waals surface area contributed by atoms with Gasteiger partial charge in [-0.05, 0) is 6.26 Å². The van der Waals surface area contributed by atoms with Gasteiger partial charge in [0.25, 0.3) is 0 Å². The SMILES string of the molecule is CSc1c2[nH]cnc2nc(=O)n1C. The molecule has 0 aromatic carbocycles. The summed E-state index contributed by atoms with van der Waals surface area (Å²) in [7, 11) is 1.70. The van der Waals surface area contributed by atoms with E-state index in [1.54, 1.807) is 7.05 Å². The Kier molecular flexibility index (Phi) is 1.84. The van der Waals surface area contributed by atoms with Gasteiger partial charge in [-0.3, -0.25) is 4.57 Å². The van der Waals surface area contributed by atoms with Gasteiger partial charge in [0, 0.05) is 7.05 Å². The number of hydrogen-bond acceptors (Lipinski definition) is 4. The van der Waals surface area contributed by atoms with Crippen molar-refractivity contribution in [3.63, 3.8) is 0 Å². The predicted octanol–water partition coefficient (Wildman–Crippen LogP) is 0.378. The van der Waals surface area contributed by atoms with Crippen molar-refractivity contribution in [2.24, 2.45) is 7.05 Å². The molecule has 1 N–H and O–H groups in total. The van der Waals surface area contributed by atoms with E-state index in [0.717, 1.165) is 10.5 Å². The summed E-state index contributed by atoms with van der Waals surface area (Å²) in [6, 6.07) is 0. The van der Waals surface area contributed by atoms with E-state index in [0.29, 0.717) is 5.65 Å². The van der Waals surface area contributed by atoms with Gasteiger partial charge in [-0.25, -0.2) is 9.78 Å². The summed E-state index contributed by atoms with van der Waals surface area (Å²) in [6.07, 6.45) is 3.45. The van der Waals surface area contributed by atoms with Crippen molar-refractivity contribution in [3.05, 3.63) is 16.8 Å². The number of thioether (sulfide) groups is 1. The Morgan fingerprint density at radius 3 is 3.08 bits per heavy atom. The first-order valence-corrected chi connectivity index (χ1v) is 4.90. The van der Waals surface area contributed by atoms with Crippen molar-refractivity contribution < 1.29 is 0 Å². The highest BCUT2D eigenvalue weighted by Crippen LogP contribution is 2.19. The highest BCUT2D eigenvalue weighted by atomic mass is 32.2. The lowest BCUT2D eigenvalue weighted by atomic mass is 10.5. The van der Waals surface area contributed by atoms with E-state index in [2.05, 4.69) is 15.0 Å². The first-order valence-electron chi connectivity index (χ1n) is 3.68. The number of aromatic amines is 1. The number of imidazole rings is 1. The first-order chi connectivity index (χ1) is 6.24. The molecule has 0 aliphatic carbocycles. The monoisotopic (exact) mass is 196 g/mol. The molecule has 0 aliphatic heterocycles. The number of hydrogen-bond donors (Lipinski definition) is 1. The molecule has 68 valence electrons. The van der Waals surface area contributed by atoms with E-state index in [9.17, 15) is 4.79 Å². The Morgan fingerprint density at radius 1 is 1.62 bits per heavy atom. The van der Waals surface area contributed by atoms with Crippen LogP contribution in [0.5, 0.6) is 0 Å². The largest absolute Gasteiger partial charge is 0.350 e. The smallest absolute Gasteiger partial charge is 0.341 e. The number of rotatable bonds is 1. The normalized spacial score (nSPS) is 10.9. The average molecular weight is 196 g/mol. The maximum absolute atomic E-state index is 11.3. The molecule has 5 nitrogen and oxygen atoms in total. The summed E-state index contributed by atoms with van der Waals surface area (Å²) in [6.45, 7) is 0. The van der Waals surface area contributed by atoms with E-state index in [4.69, 9.17) is 0 Å². The fraction of sp³-hybridized carbons (Fsp3) is 0.286. The van der Waals surface area contributed by atoms with Gasteiger partial charge in [0.05, 0.1) is 6.33 Å². The second-order valence-corrected chi connectivity index (χ2v) is 3.36. The molecule has 0 amide bonds. The van der Waals surface area contributed by atoms with E-state index < -0.39 is 0 Å². The van der Waals surface area contributed by atoms with Crippen LogP contribution in [0.3, 0.4) is 0 Å². The van der Waals surface area contributed by atoms with Gasteiger partial charge in [0.1, 0.15) is 10.5 Å². The van der Waals surface area contributed by atoms with Gasteiger partial charge in [0.2, 0.25) is 0 Å². The molecule has 0 fully saturated rings. The lowest BCUT2D eigenvalue weighted by Gasteiger charge is -2.03. The van der Waals surface area contributed by atoms with Crippen molar-refractivity contribution >= 4 is 22.9 Å². The number of H-pyrrole nitrogens is 1. The zero-order valence-electron chi connectivity index (χ0n) is 7.24. The molecule has 0 saturated carbocycles. The molecule has 0 radical (unpaired) electrons. The minimum atomic E-state index is -0.274. The maximum Gasteiger partial charge on any atom is 0.350 e. The van der Waals surface area contributed by atoms with E-state index in [1.807, 2.05) is 6.26 Å². The van der Waals surface area contributed by atoms with Gasteiger partial charge in [-0.15, -0.1) is 11.8 Å². The zero-order chi connectivity index (χ0) is 9.42. The minimum absolute atomic E-state index is 0.274. The van der Waals surface area contributed by atoms with Crippen molar-refractivity contribution in [1.29, 1.82) is 0 Å². The zero-order valence-corrected chi connectivity index (χ0v) is 8.05. The molecular weight excluding hydrogens is 188 g/mol. The molecule has 0 spiro atoms. The number of nitrogens with one attached hydrogen (secondary N) is 1. The molecular formula is C7H8N4OS. The number of aromatic nitrogens is 4.